The first-order valence-electron chi connectivity index (χ1n) is 6.57. The highest BCUT2D eigenvalue weighted by Gasteiger charge is 2.10. The zero-order valence-corrected chi connectivity index (χ0v) is 11.1. The van der Waals surface area contributed by atoms with Gasteiger partial charge in [-0.05, 0) is 36.2 Å². The van der Waals surface area contributed by atoms with Crippen molar-refractivity contribution < 1.29 is 0 Å². The quantitative estimate of drug-likeness (QED) is 0.787. The summed E-state index contributed by atoms with van der Waals surface area (Å²) in [6.45, 7) is 0. The summed E-state index contributed by atoms with van der Waals surface area (Å²) in [5.74, 6) is 0. The van der Waals surface area contributed by atoms with Crippen LogP contribution in [0.25, 0.3) is 5.69 Å². The van der Waals surface area contributed by atoms with Gasteiger partial charge in [-0.3, -0.25) is 4.98 Å². The van der Waals surface area contributed by atoms with Gasteiger partial charge in [-0.15, -0.1) is 0 Å². The van der Waals surface area contributed by atoms with Gasteiger partial charge in [0.1, 0.15) is 0 Å². The van der Waals surface area contributed by atoms with Crippen molar-refractivity contribution in [2.24, 2.45) is 5.73 Å². The van der Waals surface area contributed by atoms with Gasteiger partial charge in [0.05, 0.1) is 11.9 Å². The highest BCUT2D eigenvalue weighted by atomic mass is 15.3. The van der Waals surface area contributed by atoms with Crippen molar-refractivity contribution in [3.8, 4) is 5.69 Å². The molecule has 2 N–H and O–H groups in total. The zero-order chi connectivity index (χ0) is 13.8. The van der Waals surface area contributed by atoms with Gasteiger partial charge in [-0.2, -0.15) is 5.10 Å². The molecular formula is C16H16N4. The number of hydrogen-bond donors (Lipinski definition) is 1. The van der Waals surface area contributed by atoms with Gasteiger partial charge in [0.15, 0.2) is 0 Å². The Hall–Kier alpha value is -2.46. The number of pyridine rings is 1. The molecule has 0 aliphatic rings. The van der Waals surface area contributed by atoms with Crippen LogP contribution in [0.3, 0.4) is 0 Å². The molecule has 0 amide bonds. The molecule has 0 fully saturated rings. The lowest BCUT2D eigenvalue weighted by atomic mass is 10.0. The molecule has 100 valence electrons. The molecule has 0 bridgehead atoms. The number of rotatable bonds is 4. The van der Waals surface area contributed by atoms with Crippen LogP contribution in [0.2, 0.25) is 0 Å². The zero-order valence-electron chi connectivity index (χ0n) is 11.1. The molecule has 1 unspecified atom stereocenters. The molecule has 20 heavy (non-hydrogen) atoms. The Morgan fingerprint density at radius 3 is 2.55 bits per heavy atom. The van der Waals surface area contributed by atoms with E-state index >= 15 is 0 Å². The van der Waals surface area contributed by atoms with Crippen molar-refractivity contribution in [2.45, 2.75) is 12.5 Å². The molecule has 0 radical (unpaired) electrons. The van der Waals surface area contributed by atoms with E-state index in [0.717, 1.165) is 17.7 Å². The fourth-order valence-corrected chi connectivity index (χ4v) is 2.14. The number of para-hydroxylation sites is 1. The minimum atomic E-state index is -0.0603. The van der Waals surface area contributed by atoms with Gasteiger partial charge >= 0.3 is 0 Å². The van der Waals surface area contributed by atoms with E-state index in [2.05, 4.69) is 10.1 Å². The summed E-state index contributed by atoms with van der Waals surface area (Å²) in [5, 5.41) is 4.37. The molecule has 4 nitrogen and oxygen atoms in total. The van der Waals surface area contributed by atoms with Crippen molar-refractivity contribution in [1.29, 1.82) is 0 Å². The standard InChI is InChI=1S/C16H16N4/c17-16(10-13-6-8-18-9-7-13)14-11-19-20(12-14)15-4-2-1-3-5-15/h1-9,11-12,16H,10,17H2. The summed E-state index contributed by atoms with van der Waals surface area (Å²) in [6.07, 6.45) is 8.17. The Morgan fingerprint density at radius 2 is 1.80 bits per heavy atom. The van der Waals surface area contributed by atoms with Crippen LogP contribution >= 0.6 is 0 Å². The Morgan fingerprint density at radius 1 is 1.05 bits per heavy atom. The first-order valence-corrected chi connectivity index (χ1v) is 6.57. The number of nitrogens with zero attached hydrogens (tertiary/aromatic N) is 3. The largest absolute Gasteiger partial charge is 0.324 e. The normalized spacial score (nSPS) is 12.2. The van der Waals surface area contributed by atoms with Crippen LogP contribution in [-0.4, -0.2) is 14.8 Å². The monoisotopic (exact) mass is 264 g/mol. The number of aromatic nitrogens is 3. The maximum absolute atomic E-state index is 6.24. The van der Waals surface area contributed by atoms with Crippen molar-refractivity contribution in [1.82, 2.24) is 14.8 Å². The van der Waals surface area contributed by atoms with E-state index in [1.54, 1.807) is 12.4 Å². The van der Waals surface area contributed by atoms with Crippen molar-refractivity contribution >= 4 is 0 Å². The lowest BCUT2D eigenvalue weighted by Crippen LogP contribution is -2.12. The molecule has 0 aliphatic heterocycles. The molecule has 3 rings (SSSR count). The van der Waals surface area contributed by atoms with Gasteiger partial charge in [-0.25, -0.2) is 4.68 Å². The third-order valence-electron chi connectivity index (χ3n) is 3.26. The van der Waals surface area contributed by atoms with Gasteiger partial charge < -0.3 is 5.73 Å². The lowest BCUT2D eigenvalue weighted by Gasteiger charge is -2.08. The first-order chi connectivity index (χ1) is 9.83. The molecule has 2 aromatic heterocycles. The molecule has 0 spiro atoms. The SMILES string of the molecule is NC(Cc1ccncc1)c1cnn(-c2ccccc2)c1. The van der Waals surface area contributed by atoms with Gasteiger partial charge in [0, 0.05) is 30.2 Å². The summed E-state index contributed by atoms with van der Waals surface area (Å²) in [5.41, 5.74) is 9.50. The Kier molecular flexibility index (Phi) is 3.56. The van der Waals surface area contributed by atoms with Crippen LogP contribution in [0.5, 0.6) is 0 Å². The highest BCUT2D eigenvalue weighted by Crippen LogP contribution is 2.16. The van der Waals surface area contributed by atoms with E-state index in [0.29, 0.717) is 0 Å². The smallest absolute Gasteiger partial charge is 0.0645 e. The molecule has 1 aromatic carbocycles. The molecule has 0 saturated carbocycles. The van der Waals surface area contributed by atoms with E-state index in [1.807, 2.05) is 59.5 Å². The van der Waals surface area contributed by atoms with Gasteiger partial charge in [0.25, 0.3) is 0 Å². The van der Waals surface area contributed by atoms with Crippen LogP contribution < -0.4 is 5.73 Å². The van der Waals surface area contributed by atoms with Crippen LogP contribution in [0.1, 0.15) is 17.2 Å². The van der Waals surface area contributed by atoms with Crippen molar-refractivity contribution in [3.05, 3.63) is 78.4 Å². The topological polar surface area (TPSA) is 56.7 Å². The Bertz CT molecular complexity index is 661. The van der Waals surface area contributed by atoms with Crippen molar-refractivity contribution in [2.75, 3.05) is 0 Å². The maximum Gasteiger partial charge on any atom is 0.0645 e. The van der Waals surface area contributed by atoms with Gasteiger partial charge in [0.2, 0.25) is 0 Å². The second-order valence-electron chi connectivity index (χ2n) is 4.72. The van der Waals surface area contributed by atoms with E-state index in [1.165, 1.54) is 5.56 Å². The highest BCUT2D eigenvalue weighted by molar-refractivity contribution is 5.31. The van der Waals surface area contributed by atoms with Gasteiger partial charge in [-0.1, -0.05) is 18.2 Å². The molecule has 1 atom stereocenters. The Labute approximate surface area is 117 Å². The van der Waals surface area contributed by atoms with Crippen LogP contribution in [-0.2, 0) is 6.42 Å². The number of hydrogen-bond acceptors (Lipinski definition) is 3. The fourth-order valence-electron chi connectivity index (χ4n) is 2.14. The summed E-state index contributed by atoms with van der Waals surface area (Å²) in [4.78, 5) is 4.01. The average molecular weight is 264 g/mol. The second-order valence-corrected chi connectivity index (χ2v) is 4.72. The summed E-state index contributed by atoms with van der Waals surface area (Å²) in [7, 11) is 0. The molecular weight excluding hydrogens is 248 g/mol. The lowest BCUT2D eigenvalue weighted by molar-refractivity contribution is 0.720. The fraction of sp³-hybridized carbons (Fsp3) is 0.125. The summed E-state index contributed by atoms with van der Waals surface area (Å²) < 4.78 is 1.85. The van der Waals surface area contributed by atoms with E-state index in [9.17, 15) is 0 Å². The van der Waals surface area contributed by atoms with E-state index in [4.69, 9.17) is 5.73 Å². The molecule has 0 aliphatic carbocycles. The molecule has 3 aromatic rings. The van der Waals surface area contributed by atoms with E-state index < -0.39 is 0 Å². The average Bonchev–Trinajstić information content (AvgIpc) is 2.99. The minimum absolute atomic E-state index is 0.0603. The molecule has 2 heterocycles. The summed E-state index contributed by atoms with van der Waals surface area (Å²) in [6, 6.07) is 13.9. The first kappa shape index (κ1) is 12.6. The van der Waals surface area contributed by atoms with Crippen LogP contribution in [0.15, 0.2) is 67.3 Å². The van der Waals surface area contributed by atoms with Crippen molar-refractivity contribution in [3.63, 3.8) is 0 Å². The summed E-state index contributed by atoms with van der Waals surface area (Å²) >= 11 is 0. The second kappa shape index (κ2) is 5.67. The molecule has 4 heteroatoms. The third-order valence-corrected chi connectivity index (χ3v) is 3.26. The maximum atomic E-state index is 6.24. The van der Waals surface area contributed by atoms with Crippen LogP contribution in [0, 0.1) is 0 Å². The predicted octanol–water partition coefficient (Wildman–Crippen LogP) is 2.51. The third kappa shape index (κ3) is 2.75. The van der Waals surface area contributed by atoms with Crippen LogP contribution in [0.4, 0.5) is 0 Å². The molecule has 0 saturated heterocycles. The predicted molar refractivity (Wildman–Crippen MR) is 78.4 cm³/mol. The number of benzene rings is 1. The number of nitrogens with two attached hydrogens (primary N) is 1. The van der Waals surface area contributed by atoms with E-state index in [-0.39, 0.29) is 6.04 Å². The Balaban J connectivity index is 1.77. The minimum Gasteiger partial charge on any atom is -0.324 e.